The first-order chi connectivity index (χ1) is 15.7. The molecule has 0 atom stereocenters. The summed E-state index contributed by atoms with van der Waals surface area (Å²) >= 11 is 13.5. The van der Waals surface area contributed by atoms with Crippen molar-refractivity contribution < 1.29 is 9.18 Å². The summed E-state index contributed by atoms with van der Waals surface area (Å²) in [5.74, 6) is -0.0161. The molecule has 0 saturated carbocycles. The minimum Gasteiger partial charge on any atom is -0.325 e. The third kappa shape index (κ3) is 4.98. The van der Waals surface area contributed by atoms with E-state index in [1.807, 2.05) is 20.8 Å². The summed E-state index contributed by atoms with van der Waals surface area (Å²) in [6, 6.07) is 9.98. The van der Waals surface area contributed by atoms with E-state index >= 15 is 0 Å². The van der Waals surface area contributed by atoms with Gasteiger partial charge < -0.3 is 5.32 Å². The summed E-state index contributed by atoms with van der Waals surface area (Å²) in [6.07, 6.45) is 0.288. The van der Waals surface area contributed by atoms with Crippen LogP contribution >= 0.6 is 35.0 Å². The highest BCUT2D eigenvalue weighted by Crippen LogP contribution is 2.26. The van der Waals surface area contributed by atoms with Gasteiger partial charge in [-0.2, -0.15) is 4.98 Å². The Kier molecular flexibility index (Phi) is 6.88. The molecular formula is C23H20Cl2FN5OS. The molecule has 0 aliphatic rings. The standard InChI is InChI=1S/C23H20Cl2FN5OS/c1-12-17(24)6-5-9-20(12)28-21(32)11-33-23-29-22-27-13(2)15(14(3)31(22)30-23)10-16-18(25)7-4-8-19(16)26/h4-9H,10-11H2,1-3H3,(H,28,32). The highest BCUT2D eigenvalue weighted by molar-refractivity contribution is 7.99. The second-order valence-corrected chi connectivity index (χ2v) is 9.25. The van der Waals surface area contributed by atoms with Crippen LogP contribution in [0.25, 0.3) is 5.78 Å². The maximum absolute atomic E-state index is 14.3. The second-order valence-electron chi connectivity index (χ2n) is 7.49. The fourth-order valence-corrected chi connectivity index (χ4v) is 4.47. The van der Waals surface area contributed by atoms with Crippen LogP contribution in [0.2, 0.25) is 10.0 Å². The van der Waals surface area contributed by atoms with Crippen molar-refractivity contribution in [3.05, 3.63) is 80.3 Å². The maximum atomic E-state index is 14.3. The third-order valence-corrected chi connectivity index (χ3v) is 6.92. The van der Waals surface area contributed by atoms with Crippen LogP contribution in [0.4, 0.5) is 10.1 Å². The highest BCUT2D eigenvalue weighted by atomic mass is 35.5. The zero-order valence-corrected chi connectivity index (χ0v) is 20.4. The predicted molar refractivity (Wildman–Crippen MR) is 130 cm³/mol. The van der Waals surface area contributed by atoms with Crippen LogP contribution in [0.3, 0.4) is 0 Å². The van der Waals surface area contributed by atoms with E-state index in [1.54, 1.807) is 34.8 Å². The number of nitrogens with one attached hydrogen (secondary N) is 1. The average molecular weight is 504 g/mol. The predicted octanol–water partition coefficient (Wildman–Crippen LogP) is 5.82. The van der Waals surface area contributed by atoms with E-state index in [-0.39, 0.29) is 23.9 Å². The first-order valence-electron chi connectivity index (χ1n) is 10.1. The minimum atomic E-state index is -0.364. The Hall–Kier alpha value is -2.68. The molecule has 10 heteroatoms. The van der Waals surface area contributed by atoms with E-state index in [0.717, 1.165) is 22.5 Å². The molecule has 1 N–H and O–H groups in total. The van der Waals surface area contributed by atoms with Crippen LogP contribution in [0, 0.1) is 26.6 Å². The third-order valence-electron chi connectivity index (χ3n) is 5.32. The zero-order chi connectivity index (χ0) is 23.7. The van der Waals surface area contributed by atoms with Crippen molar-refractivity contribution in [3.63, 3.8) is 0 Å². The van der Waals surface area contributed by atoms with Crippen molar-refractivity contribution in [1.82, 2.24) is 19.6 Å². The molecule has 6 nitrogen and oxygen atoms in total. The number of benzene rings is 2. The first kappa shape index (κ1) is 23.5. The monoisotopic (exact) mass is 503 g/mol. The molecule has 0 radical (unpaired) electrons. The van der Waals surface area contributed by atoms with Gasteiger partial charge in [-0.3, -0.25) is 4.79 Å². The van der Waals surface area contributed by atoms with E-state index < -0.39 is 0 Å². The summed E-state index contributed by atoms with van der Waals surface area (Å²) in [4.78, 5) is 21.4. The number of rotatable bonds is 6. The molecule has 0 unspecified atom stereocenters. The number of nitrogens with zero attached hydrogens (tertiary/aromatic N) is 4. The van der Waals surface area contributed by atoms with Crippen LogP contribution in [0.15, 0.2) is 41.6 Å². The second kappa shape index (κ2) is 9.67. The van der Waals surface area contributed by atoms with Crippen molar-refractivity contribution >= 4 is 52.3 Å². The number of aromatic nitrogens is 4. The lowest BCUT2D eigenvalue weighted by atomic mass is 10.0. The molecule has 0 aliphatic heterocycles. The van der Waals surface area contributed by atoms with Crippen LogP contribution in [0.5, 0.6) is 0 Å². The van der Waals surface area contributed by atoms with Crippen LogP contribution in [0.1, 0.15) is 28.1 Å². The van der Waals surface area contributed by atoms with Gasteiger partial charge in [0.1, 0.15) is 5.82 Å². The molecule has 2 aromatic carbocycles. The Balaban J connectivity index is 1.53. The number of carbonyl (C=O) groups excluding carboxylic acids is 1. The lowest BCUT2D eigenvalue weighted by Gasteiger charge is -2.12. The number of hydrogen-bond acceptors (Lipinski definition) is 5. The van der Waals surface area contributed by atoms with Gasteiger partial charge in [0.25, 0.3) is 5.78 Å². The Morgan fingerprint density at radius 3 is 2.55 bits per heavy atom. The topological polar surface area (TPSA) is 72.2 Å². The maximum Gasteiger partial charge on any atom is 0.253 e. The van der Waals surface area contributed by atoms with Gasteiger partial charge in [-0.05, 0) is 56.2 Å². The Morgan fingerprint density at radius 1 is 1.06 bits per heavy atom. The summed E-state index contributed by atoms with van der Waals surface area (Å²) < 4.78 is 15.9. The number of fused-ring (bicyclic) bond motifs is 1. The number of hydrogen-bond donors (Lipinski definition) is 1. The summed E-state index contributed by atoms with van der Waals surface area (Å²) in [7, 11) is 0. The summed E-state index contributed by atoms with van der Waals surface area (Å²) in [5.41, 5.74) is 4.22. The van der Waals surface area contributed by atoms with Crippen LogP contribution in [-0.2, 0) is 11.2 Å². The largest absolute Gasteiger partial charge is 0.325 e. The molecule has 2 aromatic heterocycles. The highest BCUT2D eigenvalue weighted by Gasteiger charge is 2.17. The fourth-order valence-electron chi connectivity index (χ4n) is 3.44. The molecule has 1 amide bonds. The number of thioether (sulfide) groups is 1. The lowest BCUT2D eigenvalue weighted by molar-refractivity contribution is -0.113. The molecule has 33 heavy (non-hydrogen) atoms. The molecule has 0 spiro atoms. The van der Waals surface area contributed by atoms with Crippen LogP contribution in [-0.4, -0.2) is 31.2 Å². The summed E-state index contributed by atoms with van der Waals surface area (Å²) in [5, 5.41) is 8.72. The fraction of sp³-hybridized carbons (Fsp3) is 0.217. The van der Waals surface area contributed by atoms with Gasteiger partial charge in [-0.15, -0.1) is 5.10 Å². The quantitative estimate of drug-likeness (QED) is 0.335. The molecule has 2 heterocycles. The van der Waals surface area contributed by atoms with Crippen molar-refractivity contribution in [3.8, 4) is 0 Å². The molecule has 0 saturated heterocycles. The number of aryl methyl sites for hydroxylation is 2. The molecule has 4 aromatic rings. The van der Waals surface area contributed by atoms with Gasteiger partial charge in [0.2, 0.25) is 11.1 Å². The van der Waals surface area contributed by atoms with Crippen molar-refractivity contribution in [2.24, 2.45) is 0 Å². The van der Waals surface area contributed by atoms with Crippen molar-refractivity contribution in [1.29, 1.82) is 0 Å². The first-order valence-corrected chi connectivity index (χ1v) is 11.8. The van der Waals surface area contributed by atoms with E-state index in [4.69, 9.17) is 23.2 Å². The number of amides is 1. The van der Waals surface area contributed by atoms with Gasteiger partial charge in [-0.1, -0.05) is 47.1 Å². The van der Waals surface area contributed by atoms with Crippen molar-refractivity contribution in [2.75, 3.05) is 11.1 Å². The smallest absolute Gasteiger partial charge is 0.253 e. The number of halogens is 3. The van der Waals surface area contributed by atoms with Gasteiger partial charge in [0, 0.05) is 39.1 Å². The van der Waals surface area contributed by atoms with Crippen LogP contribution < -0.4 is 5.32 Å². The molecule has 170 valence electrons. The molecule has 0 bridgehead atoms. The van der Waals surface area contributed by atoms with E-state index in [0.29, 0.717) is 32.2 Å². The van der Waals surface area contributed by atoms with Gasteiger partial charge in [0.15, 0.2) is 0 Å². The summed E-state index contributed by atoms with van der Waals surface area (Å²) in [6.45, 7) is 5.57. The normalized spacial score (nSPS) is 11.2. The Bertz CT molecular complexity index is 1350. The van der Waals surface area contributed by atoms with Gasteiger partial charge in [0.05, 0.1) is 5.75 Å². The van der Waals surface area contributed by atoms with Gasteiger partial charge >= 0.3 is 0 Å². The average Bonchev–Trinajstić information content (AvgIpc) is 3.18. The zero-order valence-electron chi connectivity index (χ0n) is 18.1. The Morgan fingerprint density at radius 2 is 1.79 bits per heavy atom. The molecule has 0 aliphatic carbocycles. The lowest BCUT2D eigenvalue weighted by Crippen LogP contribution is -2.15. The Labute approximate surface area is 204 Å². The van der Waals surface area contributed by atoms with E-state index in [2.05, 4.69) is 20.4 Å². The molecule has 0 fully saturated rings. The number of anilines is 1. The van der Waals surface area contributed by atoms with Gasteiger partial charge in [-0.25, -0.2) is 13.9 Å². The number of carbonyl (C=O) groups is 1. The molecule has 4 rings (SSSR count). The minimum absolute atomic E-state index is 0.124. The van der Waals surface area contributed by atoms with Crippen molar-refractivity contribution in [2.45, 2.75) is 32.3 Å². The van der Waals surface area contributed by atoms with E-state index in [1.165, 1.54) is 17.8 Å². The van der Waals surface area contributed by atoms with E-state index in [9.17, 15) is 9.18 Å². The SMILES string of the molecule is Cc1nc2nc(SCC(=O)Nc3cccc(Cl)c3C)nn2c(C)c1Cc1c(F)cccc1Cl. The molecular weight excluding hydrogens is 484 g/mol.